The van der Waals surface area contributed by atoms with Crippen LogP contribution in [0, 0.1) is 18.8 Å². The summed E-state index contributed by atoms with van der Waals surface area (Å²) in [6.45, 7) is 4.24. The monoisotopic (exact) mass is 303 g/mol. The molecule has 0 bridgehead atoms. The Kier molecular flexibility index (Phi) is 4.60. The highest BCUT2D eigenvalue weighted by Gasteiger charge is 2.30. The molecule has 0 radical (unpaired) electrons. The number of likely N-dealkylation sites (tertiary alicyclic amines) is 1. The van der Waals surface area contributed by atoms with Gasteiger partial charge in [0.1, 0.15) is 0 Å². The quantitative estimate of drug-likeness (QED) is 0.858. The average Bonchev–Trinajstić information content (AvgIpc) is 3.05. The molecule has 1 amide bonds. The molecule has 22 heavy (non-hydrogen) atoms. The first-order valence-corrected chi connectivity index (χ1v) is 8.47. The zero-order valence-electron chi connectivity index (χ0n) is 13.3. The van der Waals surface area contributed by atoms with Crippen molar-refractivity contribution in [2.75, 3.05) is 13.1 Å². The van der Waals surface area contributed by atoms with Crippen molar-refractivity contribution in [3.63, 3.8) is 0 Å². The minimum Gasteiger partial charge on any atom is -0.342 e. The van der Waals surface area contributed by atoms with Crippen molar-refractivity contribution in [1.82, 2.24) is 14.7 Å². The second-order valence-electron chi connectivity index (χ2n) is 6.75. The van der Waals surface area contributed by atoms with Gasteiger partial charge in [0.15, 0.2) is 0 Å². The Bertz CT molecular complexity index is 582. The van der Waals surface area contributed by atoms with E-state index >= 15 is 0 Å². The molecule has 0 aromatic carbocycles. The molecule has 2 aliphatic rings. The minimum absolute atomic E-state index is 0.0324. The number of rotatable bonds is 3. The van der Waals surface area contributed by atoms with Gasteiger partial charge >= 0.3 is 0 Å². The van der Waals surface area contributed by atoms with E-state index in [2.05, 4.69) is 5.10 Å². The van der Waals surface area contributed by atoms with E-state index in [0.29, 0.717) is 18.4 Å². The normalized spacial score (nSPS) is 20.5. The third-order valence-electron chi connectivity index (χ3n) is 5.06. The van der Waals surface area contributed by atoms with Crippen LogP contribution in [0.25, 0.3) is 0 Å². The lowest BCUT2D eigenvalue weighted by molar-refractivity contribution is -0.136. The predicted molar refractivity (Wildman–Crippen MR) is 84.5 cm³/mol. The van der Waals surface area contributed by atoms with E-state index in [0.717, 1.165) is 44.5 Å². The largest absolute Gasteiger partial charge is 0.342 e. The Balaban J connectivity index is 1.54. The molecule has 2 fully saturated rings. The summed E-state index contributed by atoms with van der Waals surface area (Å²) >= 11 is 0. The third-order valence-corrected chi connectivity index (χ3v) is 5.06. The summed E-state index contributed by atoms with van der Waals surface area (Å²) in [6, 6.07) is 3.34. The number of hydrogen-bond acceptors (Lipinski definition) is 3. The first-order chi connectivity index (χ1) is 10.6. The summed E-state index contributed by atoms with van der Waals surface area (Å²) in [6.07, 6.45) is 6.49. The van der Waals surface area contributed by atoms with Gasteiger partial charge in [-0.05, 0) is 44.6 Å². The average molecular weight is 303 g/mol. The van der Waals surface area contributed by atoms with Gasteiger partial charge in [-0.3, -0.25) is 9.59 Å². The number of nitrogens with zero attached hydrogens (tertiary/aromatic N) is 3. The molecule has 1 aromatic heterocycles. The van der Waals surface area contributed by atoms with Gasteiger partial charge < -0.3 is 4.90 Å². The summed E-state index contributed by atoms with van der Waals surface area (Å²) in [7, 11) is 0. The number of amides is 1. The molecule has 1 saturated heterocycles. The number of carbonyl (C=O) groups excluding carboxylic acids is 1. The Morgan fingerprint density at radius 2 is 1.86 bits per heavy atom. The van der Waals surface area contributed by atoms with Gasteiger partial charge in [-0.1, -0.05) is 12.8 Å². The van der Waals surface area contributed by atoms with Gasteiger partial charge in [0.25, 0.3) is 5.56 Å². The number of carbonyl (C=O) groups is 1. The van der Waals surface area contributed by atoms with E-state index in [4.69, 9.17) is 0 Å². The minimum atomic E-state index is -0.0324. The van der Waals surface area contributed by atoms with E-state index in [1.54, 1.807) is 16.8 Å². The van der Waals surface area contributed by atoms with Crippen molar-refractivity contribution in [3.8, 4) is 0 Å². The van der Waals surface area contributed by atoms with Crippen molar-refractivity contribution in [2.45, 2.75) is 52.0 Å². The molecular formula is C17H25N3O2. The lowest BCUT2D eigenvalue weighted by Gasteiger charge is -2.33. The number of aromatic nitrogens is 2. The summed E-state index contributed by atoms with van der Waals surface area (Å²) in [5.74, 6) is 1.08. The van der Waals surface area contributed by atoms with Crippen molar-refractivity contribution >= 4 is 5.91 Å². The van der Waals surface area contributed by atoms with Crippen LogP contribution in [0.5, 0.6) is 0 Å². The fourth-order valence-electron chi connectivity index (χ4n) is 3.69. The van der Waals surface area contributed by atoms with Crippen LogP contribution >= 0.6 is 0 Å². The van der Waals surface area contributed by atoms with Crippen LogP contribution in [0.3, 0.4) is 0 Å². The van der Waals surface area contributed by atoms with Crippen LogP contribution < -0.4 is 5.56 Å². The van der Waals surface area contributed by atoms with Gasteiger partial charge in [0.05, 0.1) is 5.69 Å². The van der Waals surface area contributed by atoms with Crippen molar-refractivity contribution in [2.24, 2.45) is 11.8 Å². The standard InChI is InChI=1S/C17H25N3O2/c1-13-6-7-16(21)20(18-13)12-14-8-10-19(11-9-14)17(22)15-4-2-3-5-15/h6-7,14-15H,2-5,8-12H2,1H3. The highest BCUT2D eigenvalue weighted by molar-refractivity contribution is 5.79. The highest BCUT2D eigenvalue weighted by Crippen LogP contribution is 2.28. The van der Waals surface area contributed by atoms with Gasteiger partial charge in [-0.2, -0.15) is 5.10 Å². The topological polar surface area (TPSA) is 55.2 Å². The maximum absolute atomic E-state index is 12.4. The second-order valence-corrected chi connectivity index (χ2v) is 6.75. The van der Waals surface area contributed by atoms with Crippen LogP contribution in [-0.2, 0) is 11.3 Å². The van der Waals surface area contributed by atoms with Crippen molar-refractivity contribution < 1.29 is 4.79 Å². The predicted octanol–water partition coefficient (Wildman–Crippen LogP) is 1.98. The molecular weight excluding hydrogens is 278 g/mol. The maximum atomic E-state index is 12.4. The van der Waals surface area contributed by atoms with Crippen LogP contribution in [0.2, 0.25) is 0 Å². The Morgan fingerprint density at radius 1 is 1.18 bits per heavy atom. The van der Waals surface area contributed by atoms with Gasteiger partial charge in [-0.15, -0.1) is 0 Å². The molecule has 2 heterocycles. The van der Waals surface area contributed by atoms with E-state index in [1.165, 1.54) is 12.8 Å². The SMILES string of the molecule is Cc1ccc(=O)n(CC2CCN(C(=O)C3CCCC3)CC2)n1. The Morgan fingerprint density at radius 3 is 2.55 bits per heavy atom. The molecule has 1 aliphatic carbocycles. The summed E-state index contributed by atoms with van der Waals surface area (Å²) in [5.41, 5.74) is 0.837. The lowest BCUT2D eigenvalue weighted by Crippen LogP contribution is -2.42. The molecule has 1 aliphatic heterocycles. The molecule has 1 saturated carbocycles. The highest BCUT2D eigenvalue weighted by atomic mass is 16.2. The molecule has 1 aromatic rings. The van der Waals surface area contributed by atoms with Gasteiger partial charge in [0, 0.05) is 31.6 Å². The zero-order valence-corrected chi connectivity index (χ0v) is 13.3. The number of hydrogen-bond donors (Lipinski definition) is 0. The van der Waals surface area contributed by atoms with Crippen LogP contribution in [-0.4, -0.2) is 33.7 Å². The molecule has 0 spiro atoms. The van der Waals surface area contributed by atoms with E-state index in [-0.39, 0.29) is 11.5 Å². The van der Waals surface area contributed by atoms with E-state index < -0.39 is 0 Å². The second kappa shape index (κ2) is 6.63. The fourth-order valence-corrected chi connectivity index (χ4v) is 3.69. The Labute approximate surface area is 131 Å². The van der Waals surface area contributed by atoms with Crippen LogP contribution in [0.4, 0.5) is 0 Å². The first-order valence-electron chi connectivity index (χ1n) is 8.47. The van der Waals surface area contributed by atoms with Crippen LogP contribution in [0.1, 0.15) is 44.2 Å². The zero-order chi connectivity index (χ0) is 15.5. The maximum Gasteiger partial charge on any atom is 0.266 e. The number of piperidine rings is 1. The first kappa shape index (κ1) is 15.3. The molecule has 120 valence electrons. The van der Waals surface area contributed by atoms with E-state index in [9.17, 15) is 9.59 Å². The molecule has 5 nitrogen and oxygen atoms in total. The molecule has 5 heteroatoms. The third kappa shape index (κ3) is 3.39. The van der Waals surface area contributed by atoms with E-state index in [1.807, 2.05) is 11.8 Å². The smallest absolute Gasteiger partial charge is 0.266 e. The number of aryl methyl sites for hydroxylation is 1. The molecule has 0 atom stereocenters. The lowest BCUT2D eigenvalue weighted by atomic mass is 9.95. The van der Waals surface area contributed by atoms with Crippen LogP contribution in [0.15, 0.2) is 16.9 Å². The summed E-state index contributed by atoms with van der Waals surface area (Å²) < 4.78 is 1.58. The van der Waals surface area contributed by atoms with Crippen molar-refractivity contribution in [3.05, 3.63) is 28.2 Å². The van der Waals surface area contributed by atoms with Gasteiger partial charge in [-0.25, -0.2) is 4.68 Å². The fraction of sp³-hybridized carbons (Fsp3) is 0.706. The molecule has 0 unspecified atom stereocenters. The molecule has 3 rings (SSSR count). The Hall–Kier alpha value is -1.65. The summed E-state index contributed by atoms with van der Waals surface area (Å²) in [5, 5.41) is 4.31. The van der Waals surface area contributed by atoms with Crippen molar-refractivity contribution in [1.29, 1.82) is 0 Å². The summed E-state index contributed by atoms with van der Waals surface area (Å²) in [4.78, 5) is 26.3. The molecule has 0 N–H and O–H groups in total. The van der Waals surface area contributed by atoms with Gasteiger partial charge in [0.2, 0.25) is 5.91 Å².